The van der Waals surface area contributed by atoms with E-state index in [0.717, 1.165) is 19.3 Å². The first kappa shape index (κ1) is 12.5. The minimum atomic E-state index is -0.110. The van der Waals surface area contributed by atoms with Crippen LogP contribution in [0.15, 0.2) is 0 Å². The smallest absolute Gasteiger partial charge is 0.308 e. The largest absolute Gasteiger partial charge is 0.469 e. The molecule has 3 nitrogen and oxygen atoms in total. The van der Waals surface area contributed by atoms with Gasteiger partial charge in [-0.3, -0.25) is 4.79 Å². The van der Waals surface area contributed by atoms with Crippen molar-refractivity contribution in [1.82, 2.24) is 0 Å². The SMILES string of the molecule is COC(=O)[C@@H]1CCCC(C)(C)[C@H]1CCO. The van der Waals surface area contributed by atoms with Crippen molar-refractivity contribution >= 4 is 5.97 Å². The van der Waals surface area contributed by atoms with Gasteiger partial charge >= 0.3 is 5.97 Å². The third kappa shape index (κ3) is 2.71. The summed E-state index contributed by atoms with van der Waals surface area (Å²) in [6.45, 7) is 4.52. The van der Waals surface area contributed by atoms with Crippen LogP contribution in [0.5, 0.6) is 0 Å². The molecule has 0 amide bonds. The molecule has 88 valence electrons. The Morgan fingerprint density at radius 2 is 2.20 bits per heavy atom. The predicted molar refractivity (Wildman–Crippen MR) is 58.3 cm³/mol. The maximum absolute atomic E-state index is 11.6. The normalized spacial score (nSPS) is 29.9. The molecule has 0 heterocycles. The monoisotopic (exact) mass is 214 g/mol. The topological polar surface area (TPSA) is 46.5 Å². The molecular weight excluding hydrogens is 192 g/mol. The summed E-state index contributed by atoms with van der Waals surface area (Å²) in [4.78, 5) is 11.6. The molecule has 1 N–H and O–H groups in total. The number of hydrogen-bond donors (Lipinski definition) is 1. The number of aliphatic hydroxyl groups is 1. The van der Waals surface area contributed by atoms with Crippen LogP contribution in [0.2, 0.25) is 0 Å². The number of aliphatic hydroxyl groups excluding tert-OH is 1. The van der Waals surface area contributed by atoms with Gasteiger partial charge in [0.1, 0.15) is 0 Å². The van der Waals surface area contributed by atoms with Gasteiger partial charge in [-0.2, -0.15) is 0 Å². The van der Waals surface area contributed by atoms with Crippen molar-refractivity contribution in [2.45, 2.75) is 39.5 Å². The number of rotatable bonds is 3. The Balaban J connectivity index is 2.79. The van der Waals surface area contributed by atoms with Crippen molar-refractivity contribution in [1.29, 1.82) is 0 Å². The molecule has 1 aliphatic rings. The van der Waals surface area contributed by atoms with E-state index in [4.69, 9.17) is 9.84 Å². The highest BCUT2D eigenvalue weighted by atomic mass is 16.5. The quantitative estimate of drug-likeness (QED) is 0.731. The van der Waals surface area contributed by atoms with E-state index in [-0.39, 0.29) is 29.8 Å². The van der Waals surface area contributed by atoms with Gasteiger partial charge in [-0.05, 0) is 30.6 Å². The molecule has 1 aliphatic carbocycles. The summed E-state index contributed by atoms with van der Waals surface area (Å²) in [5.41, 5.74) is 0.139. The lowest BCUT2D eigenvalue weighted by Gasteiger charge is -2.42. The van der Waals surface area contributed by atoms with E-state index < -0.39 is 0 Å². The number of carbonyl (C=O) groups is 1. The van der Waals surface area contributed by atoms with Crippen LogP contribution in [-0.4, -0.2) is 24.8 Å². The maximum atomic E-state index is 11.6. The predicted octanol–water partition coefficient (Wildman–Crippen LogP) is 1.98. The zero-order valence-electron chi connectivity index (χ0n) is 9.95. The average molecular weight is 214 g/mol. The molecule has 0 aromatic rings. The molecule has 3 heteroatoms. The zero-order valence-corrected chi connectivity index (χ0v) is 9.95. The summed E-state index contributed by atoms with van der Waals surface area (Å²) in [6, 6.07) is 0. The number of hydrogen-bond acceptors (Lipinski definition) is 3. The molecule has 1 rings (SSSR count). The summed E-state index contributed by atoms with van der Waals surface area (Å²) in [5.74, 6) is 0.121. The van der Waals surface area contributed by atoms with Crippen LogP contribution >= 0.6 is 0 Å². The lowest BCUT2D eigenvalue weighted by Crippen LogP contribution is -2.39. The van der Waals surface area contributed by atoms with E-state index >= 15 is 0 Å². The highest BCUT2D eigenvalue weighted by molar-refractivity contribution is 5.72. The van der Waals surface area contributed by atoms with Crippen LogP contribution in [0, 0.1) is 17.3 Å². The fourth-order valence-corrected chi connectivity index (χ4v) is 2.87. The van der Waals surface area contributed by atoms with Crippen molar-refractivity contribution in [3.05, 3.63) is 0 Å². The average Bonchev–Trinajstić information content (AvgIpc) is 2.20. The Morgan fingerprint density at radius 1 is 1.53 bits per heavy atom. The lowest BCUT2D eigenvalue weighted by molar-refractivity contribution is -0.152. The van der Waals surface area contributed by atoms with Gasteiger partial charge < -0.3 is 9.84 Å². The molecule has 0 aromatic carbocycles. The van der Waals surface area contributed by atoms with Gasteiger partial charge in [0, 0.05) is 6.61 Å². The first-order valence-corrected chi connectivity index (χ1v) is 5.71. The Hall–Kier alpha value is -0.570. The van der Waals surface area contributed by atoms with Crippen molar-refractivity contribution in [2.24, 2.45) is 17.3 Å². The lowest BCUT2D eigenvalue weighted by atomic mass is 9.62. The maximum Gasteiger partial charge on any atom is 0.308 e. The molecule has 2 atom stereocenters. The number of esters is 1. The summed E-state index contributed by atoms with van der Waals surface area (Å²) in [5, 5.41) is 9.07. The molecule has 0 aromatic heterocycles. The van der Waals surface area contributed by atoms with Crippen LogP contribution < -0.4 is 0 Å². The van der Waals surface area contributed by atoms with Gasteiger partial charge in [-0.25, -0.2) is 0 Å². The summed E-state index contributed by atoms with van der Waals surface area (Å²) < 4.78 is 4.84. The Morgan fingerprint density at radius 3 is 2.73 bits per heavy atom. The second-order valence-corrected chi connectivity index (χ2v) is 5.13. The summed E-state index contributed by atoms with van der Waals surface area (Å²) >= 11 is 0. The van der Waals surface area contributed by atoms with E-state index in [0.29, 0.717) is 6.42 Å². The highest BCUT2D eigenvalue weighted by Gasteiger charge is 2.42. The number of ether oxygens (including phenoxy) is 1. The fourth-order valence-electron chi connectivity index (χ4n) is 2.87. The molecule has 0 unspecified atom stereocenters. The van der Waals surface area contributed by atoms with Gasteiger partial charge in [0.05, 0.1) is 13.0 Å². The third-order valence-electron chi connectivity index (χ3n) is 3.77. The molecule has 0 aliphatic heterocycles. The van der Waals surface area contributed by atoms with E-state index in [1.807, 2.05) is 0 Å². The van der Waals surface area contributed by atoms with Crippen LogP contribution in [-0.2, 0) is 9.53 Å². The standard InChI is InChI=1S/C12H22O3/c1-12(2)7-4-5-9(11(14)15-3)10(12)6-8-13/h9-10,13H,4-8H2,1-3H3/t9-,10+/m1/s1. The molecule has 0 bridgehead atoms. The zero-order chi connectivity index (χ0) is 11.5. The molecule has 0 spiro atoms. The molecule has 0 saturated heterocycles. The van der Waals surface area contributed by atoms with Gasteiger partial charge in [-0.1, -0.05) is 20.3 Å². The number of carbonyl (C=O) groups excluding carboxylic acids is 1. The van der Waals surface area contributed by atoms with Crippen molar-refractivity contribution in [3.63, 3.8) is 0 Å². The van der Waals surface area contributed by atoms with E-state index in [1.54, 1.807) is 0 Å². The minimum absolute atomic E-state index is 0.0223. The van der Waals surface area contributed by atoms with Crippen LogP contribution in [0.4, 0.5) is 0 Å². The van der Waals surface area contributed by atoms with Crippen molar-refractivity contribution in [3.8, 4) is 0 Å². The first-order valence-electron chi connectivity index (χ1n) is 5.71. The fraction of sp³-hybridized carbons (Fsp3) is 0.917. The van der Waals surface area contributed by atoms with Crippen LogP contribution in [0.1, 0.15) is 39.5 Å². The van der Waals surface area contributed by atoms with Crippen molar-refractivity contribution in [2.75, 3.05) is 13.7 Å². The second-order valence-electron chi connectivity index (χ2n) is 5.13. The Kier molecular flexibility index (Phi) is 4.14. The summed E-state index contributed by atoms with van der Waals surface area (Å²) in [6.07, 6.45) is 3.81. The minimum Gasteiger partial charge on any atom is -0.469 e. The molecular formula is C12H22O3. The van der Waals surface area contributed by atoms with Gasteiger partial charge in [0.25, 0.3) is 0 Å². The van der Waals surface area contributed by atoms with Crippen molar-refractivity contribution < 1.29 is 14.6 Å². The molecule has 1 fully saturated rings. The van der Waals surface area contributed by atoms with Crippen LogP contribution in [0.3, 0.4) is 0 Å². The van der Waals surface area contributed by atoms with E-state index in [2.05, 4.69) is 13.8 Å². The third-order valence-corrected chi connectivity index (χ3v) is 3.77. The molecule has 1 saturated carbocycles. The Labute approximate surface area is 91.8 Å². The van der Waals surface area contributed by atoms with Gasteiger partial charge in [-0.15, -0.1) is 0 Å². The van der Waals surface area contributed by atoms with Crippen LogP contribution in [0.25, 0.3) is 0 Å². The highest BCUT2D eigenvalue weighted by Crippen LogP contribution is 2.45. The van der Waals surface area contributed by atoms with E-state index in [9.17, 15) is 4.79 Å². The number of methoxy groups -OCH3 is 1. The van der Waals surface area contributed by atoms with Gasteiger partial charge in [0.15, 0.2) is 0 Å². The second kappa shape index (κ2) is 4.97. The first-order chi connectivity index (χ1) is 7.03. The van der Waals surface area contributed by atoms with E-state index in [1.165, 1.54) is 7.11 Å². The molecule has 0 radical (unpaired) electrons. The molecule has 15 heavy (non-hydrogen) atoms. The van der Waals surface area contributed by atoms with Gasteiger partial charge in [0.2, 0.25) is 0 Å². The Bertz CT molecular complexity index is 223. The summed E-state index contributed by atoms with van der Waals surface area (Å²) in [7, 11) is 1.44.